The molecule has 1 aliphatic heterocycles. The van der Waals surface area contributed by atoms with Crippen LogP contribution >= 0.6 is 0 Å². The summed E-state index contributed by atoms with van der Waals surface area (Å²) in [6, 6.07) is 6.48. The summed E-state index contributed by atoms with van der Waals surface area (Å²) < 4.78 is 27.5. The molecule has 1 aromatic carbocycles. The smallest absolute Gasteiger partial charge is 0.251 e. The Kier molecular flexibility index (Phi) is 7.20. The lowest BCUT2D eigenvalue weighted by Crippen LogP contribution is -2.42. The summed E-state index contributed by atoms with van der Waals surface area (Å²) in [5, 5.41) is 6.07. The Morgan fingerprint density at radius 2 is 1.92 bits per heavy atom. The molecule has 1 aliphatic rings. The maximum Gasteiger partial charge on any atom is 0.251 e. The van der Waals surface area contributed by atoms with Crippen molar-refractivity contribution in [1.82, 2.24) is 14.9 Å². The molecule has 1 fully saturated rings. The molecule has 3 atom stereocenters. The summed E-state index contributed by atoms with van der Waals surface area (Å²) in [5.74, 6) is 0.423. The molecule has 1 saturated heterocycles. The van der Waals surface area contributed by atoms with E-state index in [4.69, 9.17) is 0 Å². The van der Waals surface area contributed by atoms with E-state index in [0.29, 0.717) is 37.0 Å². The minimum Gasteiger partial charge on any atom is -0.350 e. The molecule has 0 saturated carbocycles. The monoisotopic (exact) mass is 381 g/mol. The molecule has 0 radical (unpaired) electrons. The van der Waals surface area contributed by atoms with Crippen molar-refractivity contribution >= 4 is 15.9 Å². The van der Waals surface area contributed by atoms with Gasteiger partial charge < -0.3 is 10.6 Å². The van der Waals surface area contributed by atoms with Crippen LogP contribution in [0.2, 0.25) is 0 Å². The number of sulfonamides is 1. The van der Waals surface area contributed by atoms with Crippen molar-refractivity contribution in [1.29, 1.82) is 0 Å². The molecule has 146 valence electrons. The molecule has 6 nitrogen and oxygen atoms in total. The van der Waals surface area contributed by atoms with E-state index in [1.165, 1.54) is 6.07 Å². The molecule has 7 heteroatoms. The summed E-state index contributed by atoms with van der Waals surface area (Å²) in [6.45, 7) is 10.5. The van der Waals surface area contributed by atoms with E-state index in [-0.39, 0.29) is 16.8 Å². The highest BCUT2D eigenvalue weighted by Gasteiger charge is 2.31. The first kappa shape index (κ1) is 20.9. The van der Waals surface area contributed by atoms with Crippen molar-refractivity contribution in [2.24, 2.45) is 11.8 Å². The molecule has 2 unspecified atom stereocenters. The molecule has 0 bridgehead atoms. The highest BCUT2D eigenvalue weighted by Crippen LogP contribution is 2.26. The second-order valence-electron chi connectivity index (χ2n) is 7.46. The maximum atomic E-state index is 13.0. The van der Waals surface area contributed by atoms with Crippen LogP contribution in [0.4, 0.5) is 0 Å². The van der Waals surface area contributed by atoms with E-state index in [0.717, 1.165) is 13.0 Å². The van der Waals surface area contributed by atoms with Crippen LogP contribution in [0.25, 0.3) is 0 Å². The molecule has 1 heterocycles. The number of piperidine rings is 1. The van der Waals surface area contributed by atoms with Gasteiger partial charge >= 0.3 is 0 Å². The zero-order chi connectivity index (χ0) is 19.3. The van der Waals surface area contributed by atoms with Crippen LogP contribution in [0.5, 0.6) is 0 Å². The zero-order valence-corrected chi connectivity index (χ0v) is 17.0. The number of likely N-dealkylation sites (N-methyl/N-ethyl adjacent to an activating group) is 1. The van der Waals surface area contributed by atoms with Crippen LogP contribution in [-0.4, -0.2) is 50.9 Å². The lowest BCUT2D eigenvalue weighted by Gasteiger charge is -2.34. The number of carbonyl (C=O) groups excluding carboxylic acids is 1. The maximum absolute atomic E-state index is 13.0. The van der Waals surface area contributed by atoms with Crippen LogP contribution in [0.3, 0.4) is 0 Å². The molecule has 2 rings (SSSR count). The average molecular weight is 382 g/mol. The van der Waals surface area contributed by atoms with Gasteiger partial charge in [0, 0.05) is 31.2 Å². The number of hydrogen-bond donors (Lipinski definition) is 2. The van der Waals surface area contributed by atoms with Crippen LogP contribution in [-0.2, 0) is 10.0 Å². The standard InChI is InChI=1S/C19H31N3O3S/c1-5-20-16(4)11-21-19(23)17-7-6-8-18(10-17)26(24,25)22-12-14(2)9-15(3)13-22/h6-8,10,14-16,20H,5,9,11-13H2,1-4H3,(H,21,23)/t14?,15?,16-/m1/s1. The van der Waals surface area contributed by atoms with E-state index in [2.05, 4.69) is 24.5 Å². The summed E-state index contributed by atoms with van der Waals surface area (Å²) in [5.41, 5.74) is 0.368. The fourth-order valence-electron chi connectivity index (χ4n) is 3.52. The number of carbonyl (C=O) groups is 1. The highest BCUT2D eigenvalue weighted by molar-refractivity contribution is 7.89. The Balaban J connectivity index is 2.13. The van der Waals surface area contributed by atoms with E-state index in [1.807, 2.05) is 13.8 Å². The third kappa shape index (κ3) is 5.28. The van der Waals surface area contributed by atoms with Crippen molar-refractivity contribution in [3.63, 3.8) is 0 Å². The first-order valence-electron chi connectivity index (χ1n) is 9.35. The number of rotatable bonds is 7. The summed E-state index contributed by atoms with van der Waals surface area (Å²) in [6.07, 6.45) is 1.04. The lowest BCUT2D eigenvalue weighted by molar-refractivity contribution is 0.0950. The predicted octanol–water partition coefficient (Wildman–Crippen LogP) is 2.08. The van der Waals surface area contributed by atoms with Gasteiger partial charge in [0.1, 0.15) is 0 Å². The first-order valence-corrected chi connectivity index (χ1v) is 10.8. The topological polar surface area (TPSA) is 78.5 Å². The molecule has 0 aliphatic carbocycles. The highest BCUT2D eigenvalue weighted by atomic mass is 32.2. The van der Waals surface area contributed by atoms with Gasteiger partial charge in [-0.15, -0.1) is 0 Å². The Labute approximate surface area is 157 Å². The summed E-state index contributed by atoms with van der Waals surface area (Å²) >= 11 is 0. The predicted molar refractivity (Wildman–Crippen MR) is 104 cm³/mol. The van der Waals surface area contributed by atoms with E-state index in [1.54, 1.807) is 22.5 Å². The van der Waals surface area contributed by atoms with Crippen molar-refractivity contribution in [3.05, 3.63) is 29.8 Å². The second kappa shape index (κ2) is 8.97. The normalized spacial score (nSPS) is 22.8. The van der Waals surface area contributed by atoms with Gasteiger partial charge in [0.25, 0.3) is 5.91 Å². The molecule has 0 aromatic heterocycles. The summed E-state index contributed by atoms with van der Waals surface area (Å²) in [4.78, 5) is 12.6. The van der Waals surface area contributed by atoms with Gasteiger partial charge in [0.05, 0.1) is 4.90 Å². The number of nitrogens with one attached hydrogen (secondary N) is 2. The molecule has 0 spiro atoms. The van der Waals surface area contributed by atoms with Crippen molar-refractivity contribution in [2.45, 2.75) is 45.1 Å². The Hall–Kier alpha value is -1.44. The molecule has 2 N–H and O–H groups in total. The molecule has 1 aromatic rings. The molecule has 26 heavy (non-hydrogen) atoms. The van der Waals surface area contributed by atoms with Crippen molar-refractivity contribution in [2.75, 3.05) is 26.2 Å². The largest absolute Gasteiger partial charge is 0.350 e. The SMILES string of the molecule is CCN[C@H](C)CNC(=O)c1cccc(S(=O)(=O)N2CC(C)CC(C)C2)c1. The number of hydrogen-bond acceptors (Lipinski definition) is 4. The number of amides is 1. The van der Waals surface area contributed by atoms with Gasteiger partial charge in [0.15, 0.2) is 0 Å². The van der Waals surface area contributed by atoms with Crippen molar-refractivity contribution in [3.8, 4) is 0 Å². The second-order valence-corrected chi connectivity index (χ2v) is 9.40. The minimum atomic E-state index is -3.58. The van der Waals surface area contributed by atoms with Crippen LogP contribution < -0.4 is 10.6 Å². The summed E-state index contributed by atoms with van der Waals surface area (Å²) in [7, 11) is -3.58. The average Bonchev–Trinajstić information content (AvgIpc) is 2.59. The van der Waals surface area contributed by atoms with Gasteiger partial charge in [0.2, 0.25) is 10.0 Å². The van der Waals surface area contributed by atoms with Gasteiger partial charge in [-0.3, -0.25) is 4.79 Å². The minimum absolute atomic E-state index is 0.159. The van der Waals surface area contributed by atoms with Crippen LogP contribution in [0.1, 0.15) is 44.5 Å². The fraction of sp³-hybridized carbons (Fsp3) is 0.632. The van der Waals surface area contributed by atoms with Gasteiger partial charge in [-0.2, -0.15) is 4.31 Å². The lowest BCUT2D eigenvalue weighted by atomic mass is 9.94. The van der Waals surface area contributed by atoms with Crippen molar-refractivity contribution < 1.29 is 13.2 Å². The Bertz CT molecular complexity index is 710. The zero-order valence-electron chi connectivity index (χ0n) is 16.2. The van der Waals surface area contributed by atoms with Gasteiger partial charge in [-0.25, -0.2) is 8.42 Å². The molecule has 1 amide bonds. The Morgan fingerprint density at radius 1 is 1.27 bits per heavy atom. The molecular weight excluding hydrogens is 350 g/mol. The van der Waals surface area contributed by atoms with Crippen LogP contribution in [0, 0.1) is 11.8 Å². The van der Waals surface area contributed by atoms with E-state index in [9.17, 15) is 13.2 Å². The van der Waals surface area contributed by atoms with Gasteiger partial charge in [-0.05, 0) is 49.9 Å². The first-order chi connectivity index (χ1) is 12.2. The number of benzene rings is 1. The van der Waals surface area contributed by atoms with Gasteiger partial charge in [-0.1, -0.05) is 26.8 Å². The Morgan fingerprint density at radius 3 is 2.54 bits per heavy atom. The van der Waals surface area contributed by atoms with E-state index < -0.39 is 10.0 Å². The van der Waals surface area contributed by atoms with E-state index >= 15 is 0 Å². The fourth-order valence-corrected chi connectivity index (χ4v) is 5.24. The quantitative estimate of drug-likeness (QED) is 0.758. The number of nitrogens with zero attached hydrogens (tertiary/aromatic N) is 1. The molecular formula is C19H31N3O3S. The van der Waals surface area contributed by atoms with Crippen LogP contribution in [0.15, 0.2) is 29.2 Å². The third-order valence-electron chi connectivity index (χ3n) is 4.69. The third-order valence-corrected chi connectivity index (χ3v) is 6.52.